The van der Waals surface area contributed by atoms with E-state index in [0.717, 1.165) is 38.8 Å². The van der Waals surface area contributed by atoms with Gasteiger partial charge in [0.2, 0.25) is 15.9 Å². The summed E-state index contributed by atoms with van der Waals surface area (Å²) < 4.78 is 26.8. The molecule has 2 fully saturated rings. The van der Waals surface area contributed by atoms with Crippen LogP contribution >= 0.6 is 11.6 Å². The van der Waals surface area contributed by atoms with E-state index in [2.05, 4.69) is 5.32 Å². The molecule has 7 nitrogen and oxygen atoms in total. The fourth-order valence-electron chi connectivity index (χ4n) is 3.42. The van der Waals surface area contributed by atoms with E-state index in [1.165, 1.54) is 22.5 Å². The highest BCUT2D eigenvalue weighted by molar-refractivity contribution is 7.89. The third kappa shape index (κ3) is 4.62. The Morgan fingerprint density at radius 1 is 1.04 bits per heavy atom. The summed E-state index contributed by atoms with van der Waals surface area (Å²) in [4.78, 5) is 26.3. The topological polar surface area (TPSA) is 86.8 Å². The molecule has 2 heterocycles. The summed E-state index contributed by atoms with van der Waals surface area (Å²) in [5, 5.41) is 2.84. The van der Waals surface area contributed by atoms with Gasteiger partial charge in [-0.05, 0) is 43.9 Å². The van der Waals surface area contributed by atoms with Gasteiger partial charge in [-0.1, -0.05) is 11.6 Å². The quantitative estimate of drug-likeness (QED) is 0.771. The van der Waals surface area contributed by atoms with Crippen LogP contribution in [0.25, 0.3) is 0 Å². The zero-order valence-electron chi connectivity index (χ0n) is 15.1. The molecule has 3 rings (SSSR count). The first kappa shape index (κ1) is 20.1. The molecule has 9 heteroatoms. The highest BCUT2D eigenvalue weighted by Crippen LogP contribution is 2.25. The number of sulfonamides is 1. The first-order valence-electron chi connectivity index (χ1n) is 9.25. The Hall–Kier alpha value is -1.64. The van der Waals surface area contributed by atoms with Crippen molar-refractivity contribution in [3.8, 4) is 0 Å². The highest BCUT2D eigenvalue weighted by atomic mass is 35.5. The average Bonchev–Trinajstić information content (AvgIpc) is 3.35. The average molecular weight is 414 g/mol. The smallest absolute Gasteiger partial charge is 0.252 e. The second-order valence-corrected chi connectivity index (χ2v) is 9.19. The van der Waals surface area contributed by atoms with Gasteiger partial charge >= 0.3 is 0 Å². The van der Waals surface area contributed by atoms with Crippen molar-refractivity contribution >= 4 is 33.4 Å². The minimum absolute atomic E-state index is 0.0178. The number of hydrogen-bond donors (Lipinski definition) is 1. The predicted molar refractivity (Wildman–Crippen MR) is 102 cm³/mol. The van der Waals surface area contributed by atoms with E-state index in [1.807, 2.05) is 0 Å². The summed E-state index contributed by atoms with van der Waals surface area (Å²) in [5.41, 5.74) is 0.102. The number of halogens is 1. The summed E-state index contributed by atoms with van der Waals surface area (Å²) in [5.74, 6) is -0.461. The Bertz CT molecular complexity index is 816. The summed E-state index contributed by atoms with van der Waals surface area (Å²) >= 11 is 6.10. The second-order valence-electron chi connectivity index (χ2n) is 6.85. The first-order chi connectivity index (χ1) is 12.9. The van der Waals surface area contributed by atoms with Crippen LogP contribution in [0.4, 0.5) is 0 Å². The van der Waals surface area contributed by atoms with Crippen molar-refractivity contribution in [2.75, 3.05) is 32.7 Å². The number of carbonyl (C=O) groups is 2. The molecule has 2 saturated heterocycles. The minimum Gasteiger partial charge on any atom is -0.351 e. The molecule has 0 atom stereocenters. The maximum absolute atomic E-state index is 12.7. The van der Waals surface area contributed by atoms with Crippen LogP contribution in [0.5, 0.6) is 0 Å². The molecule has 1 aromatic carbocycles. The van der Waals surface area contributed by atoms with Crippen LogP contribution in [-0.2, 0) is 14.8 Å². The number of rotatable bonds is 6. The monoisotopic (exact) mass is 413 g/mol. The van der Waals surface area contributed by atoms with E-state index < -0.39 is 15.9 Å². The molecule has 0 saturated carbocycles. The lowest BCUT2D eigenvalue weighted by atomic mass is 10.2. The van der Waals surface area contributed by atoms with Gasteiger partial charge in [0.25, 0.3) is 5.91 Å². The van der Waals surface area contributed by atoms with Gasteiger partial charge in [-0.25, -0.2) is 8.42 Å². The van der Waals surface area contributed by atoms with Gasteiger partial charge in [0.15, 0.2) is 0 Å². The molecule has 2 aliphatic heterocycles. The maximum Gasteiger partial charge on any atom is 0.252 e. The molecule has 2 aliphatic rings. The molecule has 148 valence electrons. The molecule has 1 aromatic rings. The summed E-state index contributed by atoms with van der Waals surface area (Å²) in [6.45, 7) is 2.72. The van der Waals surface area contributed by atoms with E-state index in [4.69, 9.17) is 11.6 Å². The van der Waals surface area contributed by atoms with Crippen molar-refractivity contribution in [3.05, 3.63) is 28.8 Å². The third-order valence-electron chi connectivity index (χ3n) is 4.97. The second kappa shape index (κ2) is 8.58. The van der Waals surface area contributed by atoms with Gasteiger partial charge in [-0.3, -0.25) is 9.59 Å². The zero-order chi connectivity index (χ0) is 19.4. The van der Waals surface area contributed by atoms with Crippen LogP contribution in [0.1, 0.15) is 42.5 Å². The van der Waals surface area contributed by atoms with E-state index in [0.29, 0.717) is 13.1 Å². The van der Waals surface area contributed by atoms with Crippen molar-refractivity contribution in [1.82, 2.24) is 14.5 Å². The Kier molecular flexibility index (Phi) is 6.39. The maximum atomic E-state index is 12.7. The van der Waals surface area contributed by atoms with Gasteiger partial charge in [-0.15, -0.1) is 0 Å². The molecule has 1 N–H and O–H groups in total. The Balaban J connectivity index is 1.64. The number of benzene rings is 1. The SMILES string of the molecule is O=C(NCCC(=O)N1CCCC1)c1cc(S(=O)(=O)N2CCCC2)ccc1Cl. The fraction of sp³-hybridized carbons (Fsp3) is 0.556. The summed E-state index contributed by atoms with van der Waals surface area (Å²) in [6, 6.07) is 4.16. The van der Waals surface area contributed by atoms with E-state index in [-0.39, 0.29) is 34.4 Å². The van der Waals surface area contributed by atoms with E-state index in [1.54, 1.807) is 4.90 Å². The van der Waals surface area contributed by atoms with Gasteiger partial charge in [-0.2, -0.15) is 4.31 Å². The molecule has 0 aromatic heterocycles. The number of nitrogens with zero attached hydrogens (tertiary/aromatic N) is 2. The molecule has 27 heavy (non-hydrogen) atoms. The van der Waals surface area contributed by atoms with Gasteiger partial charge in [0.1, 0.15) is 0 Å². The number of nitrogens with one attached hydrogen (secondary N) is 1. The third-order valence-corrected chi connectivity index (χ3v) is 7.19. The highest BCUT2D eigenvalue weighted by Gasteiger charge is 2.28. The fourth-order valence-corrected chi connectivity index (χ4v) is 5.17. The molecular weight excluding hydrogens is 390 g/mol. The summed E-state index contributed by atoms with van der Waals surface area (Å²) in [6.07, 6.45) is 3.93. The lowest BCUT2D eigenvalue weighted by Gasteiger charge is -2.17. The van der Waals surface area contributed by atoms with Crippen LogP contribution < -0.4 is 5.32 Å². The van der Waals surface area contributed by atoms with Crippen LogP contribution in [-0.4, -0.2) is 62.2 Å². The van der Waals surface area contributed by atoms with Crippen molar-refractivity contribution in [1.29, 1.82) is 0 Å². The minimum atomic E-state index is -3.62. The summed E-state index contributed by atoms with van der Waals surface area (Å²) in [7, 11) is -3.62. The Morgan fingerprint density at radius 3 is 2.33 bits per heavy atom. The van der Waals surface area contributed by atoms with Gasteiger partial charge in [0.05, 0.1) is 15.5 Å². The zero-order valence-corrected chi connectivity index (χ0v) is 16.7. The van der Waals surface area contributed by atoms with Crippen LogP contribution in [0.3, 0.4) is 0 Å². The van der Waals surface area contributed by atoms with E-state index in [9.17, 15) is 18.0 Å². The van der Waals surface area contributed by atoms with Crippen molar-refractivity contribution in [2.45, 2.75) is 37.0 Å². The molecular formula is C18H24ClN3O4S. The molecule has 0 radical (unpaired) electrons. The Morgan fingerprint density at radius 2 is 1.67 bits per heavy atom. The number of carbonyl (C=O) groups excluding carboxylic acids is 2. The van der Waals surface area contributed by atoms with E-state index >= 15 is 0 Å². The van der Waals surface area contributed by atoms with Gasteiger partial charge < -0.3 is 10.2 Å². The normalized spacial score (nSPS) is 18.0. The van der Waals surface area contributed by atoms with Crippen molar-refractivity contribution < 1.29 is 18.0 Å². The van der Waals surface area contributed by atoms with Crippen molar-refractivity contribution in [3.63, 3.8) is 0 Å². The van der Waals surface area contributed by atoms with Crippen LogP contribution in [0.2, 0.25) is 5.02 Å². The molecule has 0 bridgehead atoms. The Labute approximate surface area is 164 Å². The van der Waals surface area contributed by atoms with Gasteiger partial charge in [0, 0.05) is 39.1 Å². The van der Waals surface area contributed by atoms with Crippen molar-refractivity contribution in [2.24, 2.45) is 0 Å². The molecule has 0 spiro atoms. The van der Waals surface area contributed by atoms with Crippen LogP contribution in [0.15, 0.2) is 23.1 Å². The first-order valence-corrected chi connectivity index (χ1v) is 11.1. The number of likely N-dealkylation sites (tertiary alicyclic amines) is 1. The van der Waals surface area contributed by atoms with Crippen LogP contribution in [0, 0.1) is 0 Å². The standard InChI is InChI=1S/C18H24ClN3O4S/c19-16-6-5-14(27(25,26)22-11-3-4-12-22)13-15(16)18(24)20-8-7-17(23)21-9-1-2-10-21/h5-6,13H,1-4,7-12H2,(H,20,24). The molecule has 0 unspecified atom stereocenters. The number of amides is 2. The lowest BCUT2D eigenvalue weighted by molar-refractivity contribution is -0.129. The largest absolute Gasteiger partial charge is 0.351 e. The molecule has 0 aliphatic carbocycles. The lowest BCUT2D eigenvalue weighted by Crippen LogP contribution is -2.33. The molecule has 2 amide bonds. The predicted octanol–water partition coefficient (Wildman–Crippen LogP) is 1.87. The number of hydrogen-bond acceptors (Lipinski definition) is 4.